The van der Waals surface area contributed by atoms with Crippen LogP contribution < -0.4 is 4.72 Å². The fourth-order valence-electron chi connectivity index (χ4n) is 2.28. The molecule has 25 heavy (non-hydrogen) atoms. The second-order valence-corrected chi connectivity index (χ2v) is 7.80. The van der Waals surface area contributed by atoms with E-state index < -0.39 is 27.2 Å². The molecular weight excluding hydrogens is 362 g/mol. The lowest BCUT2D eigenvalue weighted by Gasteiger charge is -2.19. The van der Waals surface area contributed by atoms with Crippen molar-refractivity contribution in [2.75, 3.05) is 0 Å². The van der Waals surface area contributed by atoms with Crippen LogP contribution in [0.5, 0.6) is 0 Å². The number of nitrogens with one attached hydrogen (secondary N) is 1. The van der Waals surface area contributed by atoms with E-state index in [1.807, 2.05) is 13.0 Å². The van der Waals surface area contributed by atoms with Gasteiger partial charge in [-0.25, -0.2) is 13.1 Å². The molecule has 0 spiro atoms. The summed E-state index contributed by atoms with van der Waals surface area (Å²) in [6, 6.07) is 14.0. The van der Waals surface area contributed by atoms with Crippen molar-refractivity contribution in [3.63, 3.8) is 0 Å². The van der Waals surface area contributed by atoms with Crippen molar-refractivity contribution in [2.45, 2.75) is 29.7 Å². The maximum absolute atomic E-state index is 12.6. The molecule has 0 saturated heterocycles. The van der Waals surface area contributed by atoms with E-state index in [0.29, 0.717) is 6.29 Å². The van der Waals surface area contributed by atoms with Crippen LogP contribution in [0.2, 0.25) is 0 Å². The fraction of sp³-hybridized carbons (Fsp3) is 0.222. The summed E-state index contributed by atoms with van der Waals surface area (Å²) in [7, 11) is -3.93. The number of carbonyl (C=O) groups excluding carboxylic acids is 2. The third-order valence-electron chi connectivity index (χ3n) is 3.65. The highest BCUT2D eigenvalue weighted by Gasteiger charge is 2.30. The smallest absolute Gasteiger partial charge is 0.241 e. The maximum Gasteiger partial charge on any atom is 0.241 e. The molecule has 0 fully saturated rings. The Labute approximate surface area is 152 Å². The summed E-state index contributed by atoms with van der Waals surface area (Å²) in [5, 5.41) is -1.41. The van der Waals surface area contributed by atoms with Crippen LogP contribution in [0, 0.1) is 6.92 Å². The summed E-state index contributed by atoms with van der Waals surface area (Å²) in [6.45, 7) is 1.84. The summed E-state index contributed by atoms with van der Waals surface area (Å²) in [4.78, 5) is 23.2. The molecule has 2 rings (SSSR count). The first-order valence-corrected chi connectivity index (χ1v) is 9.51. The number of hydrogen-bond donors (Lipinski definition) is 1. The lowest BCUT2D eigenvalue weighted by Crippen LogP contribution is -2.45. The van der Waals surface area contributed by atoms with Gasteiger partial charge in [0.25, 0.3) is 0 Å². The zero-order valence-electron chi connectivity index (χ0n) is 13.6. The van der Waals surface area contributed by atoms with Crippen molar-refractivity contribution in [3.05, 3.63) is 65.7 Å². The van der Waals surface area contributed by atoms with Gasteiger partial charge >= 0.3 is 0 Å². The number of ketones is 1. The number of alkyl halides is 1. The predicted molar refractivity (Wildman–Crippen MR) is 96.1 cm³/mol. The molecule has 0 heterocycles. The zero-order valence-corrected chi connectivity index (χ0v) is 15.1. The second-order valence-electron chi connectivity index (χ2n) is 5.62. The number of carbonyl (C=O) groups is 2. The maximum atomic E-state index is 12.6. The van der Waals surface area contributed by atoms with Gasteiger partial charge in [-0.15, -0.1) is 11.6 Å². The van der Waals surface area contributed by atoms with Gasteiger partial charge in [0.15, 0.2) is 5.78 Å². The van der Waals surface area contributed by atoms with E-state index in [0.717, 1.165) is 11.1 Å². The van der Waals surface area contributed by atoms with E-state index in [2.05, 4.69) is 4.72 Å². The lowest BCUT2D eigenvalue weighted by atomic mass is 10.0. The molecule has 132 valence electrons. The minimum Gasteiger partial charge on any atom is -0.301 e. The van der Waals surface area contributed by atoms with Gasteiger partial charge in [0, 0.05) is 0 Å². The molecule has 0 amide bonds. The van der Waals surface area contributed by atoms with Crippen molar-refractivity contribution in [1.82, 2.24) is 4.72 Å². The lowest BCUT2D eigenvalue weighted by molar-refractivity contribution is -0.123. The topological polar surface area (TPSA) is 80.3 Å². The number of benzene rings is 2. The molecule has 0 aliphatic heterocycles. The normalized spacial score (nSPS) is 13.8. The van der Waals surface area contributed by atoms with Gasteiger partial charge in [0.2, 0.25) is 10.0 Å². The molecule has 5 nitrogen and oxygen atoms in total. The third-order valence-corrected chi connectivity index (χ3v) is 5.45. The van der Waals surface area contributed by atoms with Crippen LogP contribution in [0.3, 0.4) is 0 Å². The Morgan fingerprint density at radius 3 is 2.28 bits per heavy atom. The first-order chi connectivity index (χ1) is 11.8. The summed E-state index contributed by atoms with van der Waals surface area (Å²) >= 11 is 5.72. The molecule has 2 unspecified atom stereocenters. The Bertz CT molecular complexity index is 835. The molecule has 2 aromatic rings. The molecule has 0 saturated carbocycles. The number of aldehydes is 1. The fourth-order valence-corrected chi connectivity index (χ4v) is 3.64. The molecule has 1 N–H and O–H groups in total. The minimum absolute atomic E-state index is 0.0428. The predicted octanol–water partition coefficient (Wildman–Crippen LogP) is 2.26. The van der Waals surface area contributed by atoms with Crippen molar-refractivity contribution in [3.8, 4) is 0 Å². The van der Waals surface area contributed by atoms with Crippen LogP contribution in [-0.4, -0.2) is 31.9 Å². The average molecular weight is 380 g/mol. The van der Waals surface area contributed by atoms with Crippen LogP contribution in [0.25, 0.3) is 0 Å². The van der Waals surface area contributed by atoms with Gasteiger partial charge in [-0.1, -0.05) is 48.0 Å². The summed E-state index contributed by atoms with van der Waals surface area (Å²) in [6.07, 6.45) is 0.393. The van der Waals surface area contributed by atoms with E-state index in [4.69, 9.17) is 11.6 Å². The van der Waals surface area contributed by atoms with Gasteiger partial charge in [-0.05, 0) is 31.0 Å². The molecule has 2 aromatic carbocycles. The van der Waals surface area contributed by atoms with Gasteiger partial charge < -0.3 is 4.79 Å². The number of Topliss-reactive ketones (excluding diaryl/α,β-unsaturated/α-hetero) is 1. The average Bonchev–Trinajstić information content (AvgIpc) is 2.61. The Hall–Kier alpha value is -2.02. The minimum atomic E-state index is -3.93. The van der Waals surface area contributed by atoms with Gasteiger partial charge in [0.05, 0.1) is 10.9 Å². The summed E-state index contributed by atoms with van der Waals surface area (Å²) in [5.74, 6) is -0.684. The van der Waals surface area contributed by atoms with Crippen LogP contribution in [0.1, 0.15) is 11.1 Å². The molecule has 0 bridgehead atoms. The van der Waals surface area contributed by atoms with Crippen molar-refractivity contribution < 1.29 is 18.0 Å². The monoisotopic (exact) mass is 379 g/mol. The van der Waals surface area contributed by atoms with Gasteiger partial charge in [-0.2, -0.15) is 0 Å². The van der Waals surface area contributed by atoms with E-state index in [1.165, 1.54) is 12.1 Å². The Morgan fingerprint density at radius 1 is 1.12 bits per heavy atom. The third kappa shape index (κ3) is 5.22. The Morgan fingerprint density at radius 2 is 1.72 bits per heavy atom. The molecule has 0 aromatic heterocycles. The molecular formula is C18H18ClNO4S. The number of halogens is 1. The number of sulfonamides is 1. The first-order valence-electron chi connectivity index (χ1n) is 7.59. The number of hydrogen-bond acceptors (Lipinski definition) is 4. The van der Waals surface area contributed by atoms with Gasteiger partial charge in [0.1, 0.15) is 11.7 Å². The molecule has 2 atom stereocenters. The largest absolute Gasteiger partial charge is 0.301 e. The SMILES string of the molecule is Cc1ccc(S(=O)(=O)NC(Cc2ccccc2)C(=O)C(Cl)C=O)cc1. The van der Waals surface area contributed by atoms with E-state index >= 15 is 0 Å². The number of rotatable bonds is 8. The van der Waals surface area contributed by atoms with E-state index in [-0.39, 0.29) is 11.3 Å². The molecule has 0 aliphatic carbocycles. The van der Waals surface area contributed by atoms with Crippen LogP contribution >= 0.6 is 11.6 Å². The summed E-state index contributed by atoms with van der Waals surface area (Å²) in [5.41, 5.74) is 1.67. The van der Waals surface area contributed by atoms with Crippen molar-refractivity contribution in [2.24, 2.45) is 0 Å². The number of aryl methyl sites for hydroxylation is 1. The highest BCUT2D eigenvalue weighted by molar-refractivity contribution is 7.89. The van der Waals surface area contributed by atoms with Crippen molar-refractivity contribution >= 4 is 33.7 Å². The van der Waals surface area contributed by atoms with Crippen LogP contribution in [-0.2, 0) is 26.0 Å². The Kier molecular flexibility index (Phi) is 6.47. The molecule has 0 radical (unpaired) electrons. The van der Waals surface area contributed by atoms with E-state index in [1.54, 1.807) is 36.4 Å². The van der Waals surface area contributed by atoms with Gasteiger partial charge in [-0.3, -0.25) is 4.79 Å². The van der Waals surface area contributed by atoms with E-state index in [9.17, 15) is 18.0 Å². The highest BCUT2D eigenvalue weighted by Crippen LogP contribution is 2.14. The van der Waals surface area contributed by atoms with Crippen LogP contribution in [0.15, 0.2) is 59.5 Å². The van der Waals surface area contributed by atoms with Crippen molar-refractivity contribution in [1.29, 1.82) is 0 Å². The first kappa shape index (κ1) is 19.3. The quantitative estimate of drug-likeness (QED) is 0.433. The Balaban J connectivity index is 2.29. The second kappa shape index (κ2) is 8.38. The zero-order chi connectivity index (χ0) is 18.4. The highest BCUT2D eigenvalue weighted by atomic mass is 35.5. The molecule has 7 heteroatoms. The summed E-state index contributed by atoms with van der Waals surface area (Å²) < 4.78 is 27.5. The van der Waals surface area contributed by atoms with Crippen LogP contribution in [0.4, 0.5) is 0 Å². The standard InChI is InChI=1S/C18H18ClNO4S/c1-13-7-9-15(10-8-13)25(23,24)20-17(18(22)16(19)12-21)11-14-5-3-2-4-6-14/h2-10,12,16-17,20H,11H2,1H3. The molecule has 0 aliphatic rings.